The fraction of sp³-hybridized carbons (Fsp3) is 0.833. The van der Waals surface area contributed by atoms with Crippen molar-refractivity contribution in [3.05, 3.63) is 0 Å². The van der Waals surface area contributed by atoms with Crippen LogP contribution in [0, 0.1) is 29.6 Å². The van der Waals surface area contributed by atoms with Crippen molar-refractivity contribution in [2.75, 3.05) is 7.05 Å². The van der Waals surface area contributed by atoms with Crippen LogP contribution < -0.4 is 0 Å². The van der Waals surface area contributed by atoms with Crippen molar-refractivity contribution in [2.24, 2.45) is 17.8 Å². The highest BCUT2D eigenvalue weighted by Gasteiger charge is 2.34. The number of aliphatic hydroxyl groups is 1. The average Bonchev–Trinajstić information content (AvgIpc) is 2.38. The van der Waals surface area contributed by atoms with Gasteiger partial charge in [-0.05, 0) is 46.1 Å². The molecule has 0 heterocycles. The quantitative estimate of drug-likeness (QED) is 0.700. The summed E-state index contributed by atoms with van der Waals surface area (Å²) >= 11 is 0. The molecule has 0 aromatic heterocycles. The number of rotatable bonds is 8. The summed E-state index contributed by atoms with van der Waals surface area (Å²) in [4.78, 5) is 14.8. The fourth-order valence-electron chi connectivity index (χ4n) is 2.60. The molecule has 0 fully saturated rings. The summed E-state index contributed by atoms with van der Waals surface area (Å²) < 4.78 is 0. The maximum absolute atomic E-state index is 12.6. The van der Waals surface area contributed by atoms with Gasteiger partial charge < -0.3 is 5.11 Å². The summed E-state index contributed by atoms with van der Waals surface area (Å²) in [7, 11) is 2.01. The van der Waals surface area contributed by atoms with Crippen molar-refractivity contribution in [3.8, 4) is 11.8 Å². The average molecular weight is 295 g/mol. The zero-order chi connectivity index (χ0) is 16.7. The highest BCUT2D eigenvalue weighted by Crippen LogP contribution is 2.26. The molecule has 0 aliphatic rings. The first kappa shape index (κ1) is 20.1. The molecule has 3 nitrogen and oxygen atoms in total. The van der Waals surface area contributed by atoms with Gasteiger partial charge >= 0.3 is 0 Å². The van der Waals surface area contributed by atoms with Gasteiger partial charge in [-0.3, -0.25) is 9.69 Å². The van der Waals surface area contributed by atoms with Gasteiger partial charge in [0, 0.05) is 12.0 Å². The van der Waals surface area contributed by atoms with E-state index in [2.05, 4.69) is 44.4 Å². The summed E-state index contributed by atoms with van der Waals surface area (Å²) in [5.74, 6) is 6.24. The summed E-state index contributed by atoms with van der Waals surface area (Å²) in [6, 6.07) is 0.203. The number of hydrogen-bond donors (Lipinski definition) is 1. The number of hydrogen-bond acceptors (Lipinski definition) is 3. The molecule has 0 amide bonds. The minimum atomic E-state index is -0.605. The predicted octanol–water partition coefficient (Wildman–Crippen LogP) is 2.97. The molecule has 1 N–H and O–H groups in total. The van der Waals surface area contributed by atoms with Crippen LogP contribution in [-0.4, -0.2) is 41.0 Å². The van der Waals surface area contributed by atoms with Crippen LogP contribution in [-0.2, 0) is 4.79 Å². The first-order valence-corrected chi connectivity index (χ1v) is 7.99. The molecule has 122 valence electrons. The lowest BCUT2D eigenvalue weighted by atomic mass is 9.80. The SMILES string of the molecule is CC#CC(O)C[C@@H](C)[C@@H](C)[C@@H](C(=O)C(C)C)N(C)C(C)C. The number of likely N-dealkylation sites (N-methyl/N-ethyl adjacent to an activating group) is 1. The highest BCUT2D eigenvalue weighted by atomic mass is 16.3. The Bertz CT molecular complexity index is 378. The normalized spacial score (nSPS) is 17.3. The van der Waals surface area contributed by atoms with Crippen LogP contribution in [0.2, 0.25) is 0 Å². The van der Waals surface area contributed by atoms with Gasteiger partial charge in [-0.2, -0.15) is 0 Å². The van der Waals surface area contributed by atoms with E-state index in [1.807, 2.05) is 20.9 Å². The molecule has 4 atom stereocenters. The van der Waals surface area contributed by atoms with Gasteiger partial charge in [0.2, 0.25) is 0 Å². The number of carbonyl (C=O) groups is 1. The van der Waals surface area contributed by atoms with Gasteiger partial charge in [0.1, 0.15) is 6.10 Å². The Labute approximate surface area is 131 Å². The van der Waals surface area contributed by atoms with Crippen molar-refractivity contribution >= 4 is 5.78 Å². The Morgan fingerprint density at radius 3 is 2.05 bits per heavy atom. The van der Waals surface area contributed by atoms with E-state index in [1.165, 1.54) is 0 Å². The lowest BCUT2D eigenvalue weighted by molar-refractivity contribution is -0.130. The summed E-state index contributed by atoms with van der Waals surface area (Å²) in [5.41, 5.74) is 0. The standard InChI is InChI=1S/C18H33NO2/c1-9-10-16(20)11-14(6)15(7)17(18(21)12(2)3)19(8)13(4)5/h12-17,20H,11H2,1-8H3/t14-,15-,16?,17+/m1/s1. The fourth-order valence-corrected chi connectivity index (χ4v) is 2.60. The van der Waals surface area contributed by atoms with Crippen molar-refractivity contribution in [2.45, 2.75) is 73.1 Å². The Morgan fingerprint density at radius 1 is 1.14 bits per heavy atom. The zero-order valence-electron chi connectivity index (χ0n) is 15.0. The Kier molecular flexibility index (Phi) is 8.85. The van der Waals surface area contributed by atoms with Crippen molar-refractivity contribution in [1.29, 1.82) is 0 Å². The predicted molar refractivity (Wildman–Crippen MR) is 88.9 cm³/mol. The molecule has 21 heavy (non-hydrogen) atoms. The second-order valence-electron chi connectivity index (χ2n) is 6.74. The molecular weight excluding hydrogens is 262 g/mol. The van der Waals surface area contributed by atoms with Crippen molar-refractivity contribution in [3.63, 3.8) is 0 Å². The van der Waals surface area contributed by atoms with Gasteiger partial charge in [0.05, 0.1) is 6.04 Å². The molecule has 0 aromatic rings. The van der Waals surface area contributed by atoms with E-state index < -0.39 is 6.10 Å². The van der Waals surface area contributed by atoms with Gasteiger partial charge in [0.25, 0.3) is 0 Å². The van der Waals surface area contributed by atoms with E-state index in [0.29, 0.717) is 12.5 Å². The zero-order valence-corrected chi connectivity index (χ0v) is 15.0. The molecular formula is C18H33NO2. The molecule has 3 heteroatoms. The number of aliphatic hydroxyl groups excluding tert-OH is 1. The number of Topliss-reactive ketones (excluding diaryl/α,β-unsaturated/α-hetero) is 1. The molecule has 0 aliphatic heterocycles. The molecule has 0 aromatic carbocycles. The first-order valence-electron chi connectivity index (χ1n) is 7.99. The van der Waals surface area contributed by atoms with Gasteiger partial charge in [-0.1, -0.05) is 33.6 Å². The van der Waals surface area contributed by atoms with E-state index in [-0.39, 0.29) is 29.6 Å². The maximum Gasteiger partial charge on any atom is 0.152 e. The van der Waals surface area contributed by atoms with E-state index in [4.69, 9.17) is 0 Å². The first-order chi connectivity index (χ1) is 9.63. The van der Waals surface area contributed by atoms with Crippen LogP contribution in [0.1, 0.15) is 54.9 Å². The lowest BCUT2D eigenvalue weighted by Crippen LogP contribution is -2.49. The molecule has 0 radical (unpaired) electrons. The van der Waals surface area contributed by atoms with Crippen LogP contribution in [0.3, 0.4) is 0 Å². The van der Waals surface area contributed by atoms with Gasteiger partial charge in [0.15, 0.2) is 5.78 Å². The molecule has 0 saturated heterocycles. The monoisotopic (exact) mass is 295 g/mol. The minimum Gasteiger partial charge on any atom is -0.380 e. The Balaban J connectivity index is 5.13. The summed E-state index contributed by atoms with van der Waals surface area (Å²) in [5, 5.41) is 9.87. The second-order valence-corrected chi connectivity index (χ2v) is 6.74. The molecule has 0 bridgehead atoms. The Morgan fingerprint density at radius 2 is 1.67 bits per heavy atom. The van der Waals surface area contributed by atoms with E-state index in [1.54, 1.807) is 6.92 Å². The number of nitrogens with zero attached hydrogens (tertiary/aromatic N) is 1. The highest BCUT2D eigenvalue weighted by molar-refractivity contribution is 5.86. The van der Waals surface area contributed by atoms with E-state index in [0.717, 1.165) is 0 Å². The molecule has 0 aliphatic carbocycles. The van der Waals surface area contributed by atoms with Crippen LogP contribution in [0.4, 0.5) is 0 Å². The smallest absolute Gasteiger partial charge is 0.152 e. The maximum atomic E-state index is 12.6. The van der Waals surface area contributed by atoms with Crippen LogP contribution in [0.5, 0.6) is 0 Å². The van der Waals surface area contributed by atoms with Gasteiger partial charge in [-0.15, -0.1) is 5.92 Å². The van der Waals surface area contributed by atoms with Gasteiger partial charge in [-0.25, -0.2) is 0 Å². The second kappa shape index (κ2) is 9.23. The van der Waals surface area contributed by atoms with Crippen molar-refractivity contribution in [1.82, 2.24) is 4.90 Å². The molecule has 1 unspecified atom stereocenters. The number of carbonyl (C=O) groups excluding carboxylic acids is 1. The molecule has 0 spiro atoms. The molecule has 0 rings (SSSR count). The third-order valence-corrected chi connectivity index (χ3v) is 4.42. The van der Waals surface area contributed by atoms with E-state index in [9.17, 15) is 9.90 Å². The van der Waals surface area contributed by atoms with E-state index >= 15 is 0 Å². The Hall–Kier alpha value is -0.850. The third kappa shape index (κ3) is 6.20. The number of ketones is 1. The van der Waals surface area contributed by atoms with Crippen LogP contribution in [0.25, 0.3) is 0 Å². The van der Waals surface area contributed by atoms with Crippen LogP contribution in [0.15, 0.2) is 0 Å². The largest absolute Gasteiger partial charge is 0.380 e. The third-order valence-electron chi connectivity index (χ3n) is 4.42. The summed E-state index contributed by atoms with van der Waals surface area (Å²) in [6.07, 6.45) is 0.00197. The lowest BCUT2D eigenvalue weighted by Gasteiger charge is -2.38. The summed E-state index contributed by atoms with van der Waals surface area (Å²) in [6.45, 7) is 14.1. The van der Waals surface area contributed by atoms with Crippen LogP contribution >= 0.6 is 0 Å². The molecule has 0 saturated carbocycles. The topological polar surface area (TPSA) is 40.5 Å². The van der Waals surface area contributed by atoms with Crippen molar-refractivity contribution < 1.29 is 9.90 Å². The minimum absolute atomic E-state index is 0.0196.